The van der Waals surface area contributed by atoms with Crippen LogP contribution in [-0.4, -0.2) is 23.3 Å². The summed E-state index contributed by atoms with van der Waals surface area (Å²) in [5.41, 5.74) is 0.654. The Bertz CT molecular complexity index is 429. The van der Waals surface area contributed by atoms with Crippen LogP contribution in [0, 0.1) is 6.92 Å². The molecule has 5 heteroatoms. The molecule has 0 saturated heterocycles. The first-order chi connectivity index (χ1) is 8.15. The predicted molar refractivity (Wildman–Crippen MR) is 68.7 cm³/mol. The van der Waals surface area contributed by atoms with Crippen LogP contribution in [0.3, 0.4) is 0 Å². The zero-order valence-electron chi connectivity index (χ0n) is 9.88. The van der Waals surface area contributed by atoms with Gasteiger partial charge in [0.05, 0.1) is 0 Å². The largest absolute Gasteiger partial charge is 0.364 e. The van der Waals surface area contributed by atoms with Crippen molar-refractivity contribution >= 4 is 17.5 Å². The lowest BCUT2D eigenvalue weighted by atomic mass is 10.2. The maximum atomic E-state index is 11.7. The number of pyridine rings is 1. The molecule has 4 nitrogen and oxygen atoms in total. The summed E-state index contributed by atoms with van der Waals surface area (Å²) in [6.07, 6.45) is 4.25. The Hall–Kier alpha value is -1.29. The van der Waals surface area contributed by atoms with E-state index in [1.807, 2.05) is 0 Å². The second-order valence-corrected chi connectivity index (χ2v) is 4.28. The van der Waals surface area contributed by atoms with E-state index < -0.39 is 0 Å². The first-order valence-corrected chi connectivity index (χ1v) is 6.22. The van der Waals surface area contributed by atoms with E-state index in [1.165, 1.54) is 12.3 Å². The number of halogens is 1. The van der Waals surface area contributed by atoms with Gasteiger partial charge in [0.1, 0.15) is 5.56 Å². The molecule has 0 fully saturated rings. The van der Waals surface area contributed by atoms with Gasteiger partial charge in [-0.05, 0) is 19.8 Å². The van der Waals surface area contributed by atoms with Gasteiger partial charge >= 0.3 is 0 Å². The fourth-order valence-corrected chi connectivity index (χ4v) is 1.63. The molecule has 1 heterocycles. The van der Waals surface area contributed by atoms with E-state index in [0.717, 1.165) is 25.0 Å². The minimum atomic E-state index is -0.322. The first-order valence-electron chi connectivity index (χ1n) is 5.68. The van der Waals surface area contributed by atoms with Crippen molar-refractivity contribution in [3.8, 4) is 0 Å². The van der Waals surface area contributed by atoms with Crippen LogP contribution in [0.5, 0.6) is 0 Å². The fraction of sp³-hybridized carbons (Fsp3) is 0.500. The van der Waals surface area contributed by atoms with Gasteiger partial charge in [-0.2, -0.15) is 0 Å². The predicted octanol–water partition coefficient (Wildman–Crippen LogP) is 1.82. The lowest BCUT2D eigenvalue weighted by molar-refractivity contribution is 0.0951. The number of hydrogen-bond acceptors (Lipinski definition) is 2. The summed E-state index contributed by atoms with van der Waals surface area (Å²) in [4.78, 5) is 26.0. The third-order valence-corrected chi connectivity index (χ3v) is 2.67. The van der Waals surface area contributed by atoms with Crippen molar-refractivity contribution in [2.45, 2.75) is 26.2 Å². The zero-order valence-corrected chi connectivity index (χ0v) is 10.6. The van der Waals surface area contributed by atoms with E-state index in [2.05, 4.69) is 10.3 Å². The van der Waals surface area contributed by atoms with E-state index in [9.17, 15) is 9.59 Å². The summed E-state index contributed by atoms with van der Waals surface area (Å²) in [7, 11) is 0. The molecule has 0 radical (unpaired) electrons. The Kier molecular flexibility index (Phi) is 5.77. The number of carbonyl (C=O) groups excluding carboxylic acids is 1. The van der Waals surface area contributed by atoms with Gasteiger partial charge < -0.3 is 10.3 Å². The number of rotatable bonds is 6. The van der Waals surface area contributed by atoms with Gasteiger partial charge in [-0.3, -0.25) is 9.59 Å². The molecule has 0 bridgehead atoms. The minimum Gasteiger partial charge on any atom is -0.364 e. The molecular weight excluding hydrogens is 240 g/mol. The Morgan fingerprint density at radius 1 is 1.41 bits per heavy atom. The van der Waals surface area contributed by atoms with Crippen LogP contribution in [0.15, 0.2) is 17.1 Å². The molecule has 1 amide bonds. The molecule has 0 unspecified atom stereocenters. The lowest BCUT2D eigenvalue weighted by Gasteiger charge is -2.04. The molecule has 0 aliphatic rings. The Balaban J connectivity index is 2.45. The van der Waals surface area contributed by atoms with Gasteiger partial charge in [-0.1, -0.05) is 6.42 Å². The van der Waals surface area contributed by atoms with E-state index in [-0.39, 0.29) is 16.9 Å². The molecule has 1 aromatic rings. The van der Waals surface area contributed by atoms with Crippen molar-refractivity contribution in [2.24, 2.45) is 0 Å². The molecule has 0 atom stereocenters. The number of amides is 1. The Morgan fingerprint density at radius 2 is 2.18 bits per heavy atom. The quantitative estimate of drug-likeness (QED) is 0.602. The zero-order chi connectivity index (χ0) is 12.7. The van der Waals surface area contributed by atoms with Crippen molar-refractivity contribution in [1.82, 2.24) is 10.3 Å². The van der Waals surface area contributed by atoms with Crippen LogP contribution in [0.4, 0.5) is 0 Å². The highest BCUT2D eigenvalue weighted by Crippen LogP contribution is 1.97. The highest BCUT2D eigenvalue weighted by Gasteiger charge is 2.08. The molecule has 0 aromatic carbocycles. The minimum absolute atomic E-state index is 0.160. The fourth-order valence-electron chi connectivity index (χ4n) is 1.44. The molecule has 0 saturated carbocycles. The molecule has 94 valence electrons. The van der Waals surface area contributed by atoms with Crippen LogP contribution in [0.1, 0.15) is 35.3 Å². The van der Waals surface area contributed by atoms with Crippen LogP contribution in [0.25, 0.3) is 0 Å². The number of hydrogen-bond donors (Lipinski definition) is 2. The Labute approximate surface area is 105 Å². The summed E-state index contributed by atoms with van der Waals surface area (Å²) in [5, 5.41) is 2.72. The summed E-state index contributed by atoms with van der Waals surface area (Å²) in [6.45, 7) is 2.35. The number of nitrogens with one attached hydrogen (secondary N) is 2. The van der Waals surface area contributed by atoms with Gasteiger partial charge in [0, 0.05) is 30.4 Å². The van der Waals surface area contributed by atoms with Gasteiger partial charge in [0.2, 0.25) is 0 Å². The molecule has 1 aromatic heterocycles. The topological polar surface area (TPSA) is 62.0 Å². The smallest absolute Gasteiger partial charge is 0.256 e. The van der Waals surface area contributed by atoms with Crippen LogP contribution < -0.4 is 10.7 Å². The molecule has 0 spiro atoms. The number of aromatic amines is 1. The highest BCUT2D eigenvalue weighted by molar-refractivity contribution is 6.17. The van der Waals surface area contributed by atoms with Gasteiger partial charge in [-0.25, -0.2) is 0 Å². The van der Waals surface area contributed by atoms with Crippen molar-refractivity contribution in [2.75, 3.05) is 12.4 Å². The third-order valence-electron chi connectivity index (χ3n) is 2.40. The van der Waals surface area contributed by atoms with E-state index in [1.54, 1.807) is 6.92 Å². The first kappa shape index (κ1) is 13.8. The van der Waals surface area contributed by atoms with E-state index in [0.29, 0.717) is 12.4 Å². The number of H-pyrrole nitrogens is 1. The molecular formula is C12H17ClN2O2. The van der Waals surface area contributed by atoms with Crippen molar-refractivity contribution in [3.05, 3.63) is 33.7 Å². The van der Waals surface area contributed by atoms with Crippen LogP contribution in [0.2, 0.25) is 0 Å². The van der Waals surface area contributed by atoms with Crippen molar-refractivity contribution in [3.63, 3.8) is 0 Å². The van der Waals surface area contributed by atoms with Crippen molar-refractivity contribution < 1.29 is 4.79 Å². The average Bonchev–Trinajstić information content (AvgIpc) is 2.28. The SMILES string of the molecule is Cc1cc(=O)c(C(=O)NCCCCCCl)c[nH]1. The maximum Gasteiger partial charge on any atom is 0.256 e. The van der Waals surface area contributed by atoms with Gasteiger partial charge in [-0.15, -0.1) is 11.6 Å². The van der Waals surface area contributed by atoms with Gasteiger partial charge in [0.25, 0.3) is 5.91 Å². The molecule has 0 aliphatic carbocycles. The van der Waals surface area contributed by atoms with E-state index >= 15 is 0 Å². The molecule has 1 rings (SSSR count). The second kappa shape index (κ2) is 7.12. The number of aryl methyl sites for hydroxylation is 1. The summed E-state index contributed by atoms with van der Waals surface area (Å²) in [6, 6.07) is 1.42. The summed E-state index contributed by atoms with van der Waals surface area (Å²) in [5.74, 6) is 0.322. The standard InChI is InChI=1S/C12H17ClN2O2/c1-9-7-11(16)10(8-15-9)12(17)14-6-4-2-3-5-13/h7-8H,2-6H2,1H3,(H,14,17)(H,15,16). The van der Waals surface area contributed by atoms with Crippen molar-refractivity contribution in [1.29, 1.82) is 0 Å². The Morgan fingerprint density at radius 3 is 2.82 bits per heavy atom. The number of carbonyl (C=O) groups is 1. The summed E-state index contributed by atoms with van der Waals surface area (Å²) < 4.78 is 0. The average molecular weight is 257 g/mol. The second-order valence-electron chi connectivity index (χ2n) is 3.90. The van der Waals surface area contributed by atoms with Crippen LogP contribution >= 0.6 is 11.6 Å². The molecule has 0 aliphatic heterocycles. The molecule has 17 heavy (non-hydrogen) atoms. The molecule has 2 N–H and O–H groups in total. The van der Waals surface area contributed by atoms with Crippen LogP contribution in [-0.2, 0) is 0 Å². The highest BCUT2D eigenvalue weighted by atomic mass is 35.5. The monoisotopic (exact) mass is 256 g/mol. The number of alkyl halides is 1. The number of aromatic nitrogens is 1. The van der Waals surface area contributed by atoms with E-state index in [4.69, 9.17) is 11.6 Å². The normalized spacial score (nSPS) is 10.2. The number of unbranched alkanes of at least 4 members (excludes halogenated alkanes) is 2. The summed E-state index contributed by atoms with van der Waals surface area (Å²) >= 11 is 5.54. The third kappa shape index (κ3) is 4.61. The lowest BCUT2D eigenvalue weighted by Crippen LogP contribution is -2.29. The van der Waals surface area contributed by atoms with Gasteiger partial charge in [0.15, 0.2) is 5.43 Å². The maximum absolute atomic E-state index is 11.7.